The summed E-state index contributed by atoms with van der Waals surface area (Å²) < 4.78 is 37.5. The molecule has 0 saturated carbocycles. The van der Waals surface area contributed by atoms with Gasteiger partial charge in [0.15, 0.2) is 0 Å². The molecule has 1 aromatic rings. The maximum atomic E-state index is 12.5. The van der Waals surface area contributed by atoms with Crippen LogP contribution >= 0.6 is 0 Å². The first-order chi connectivity index (χ1) is 9.39. The molecule has 1 heterocycles. The van der Waals surface area contributed by atoms with E-state index in [9.17, 15) is 13.2 Å². The summed E-state index contributed by atoms with van der Waals surface area (Å²) in [6.07, 6.45) is -0.561. The van der Waals surface area contributed by atoms with Crippen molar-refractivity contribution in [1.82, 2.24) is 9.97 Å². The van der Waals surface area contributed by atoms with Crippen molar-refractivity contribution in [2.75, 3.05) is 30.4 Å². The van der Waals surface area contributed by atoms with Gasteiger partial charge in [0.25, 0.3) is 0 Å². The summed E-state index contributed by atoms with van der Waals surface area (Å²) >= 11 is 0. The highest BCUT2D eigenvalue weighted by Crippen LogP contribution is 2.26. The number of rotatable bonds is 7. The number of hydrogen-bond donors (Lipinski definition) is 1. The average molecular weight is 290 g/mol. The van der Waals surface area contributed by atoms with E-state index in [1.54, 1.807) is 0 Å². The van der Waals surface area contributed by atoms with Crippen LogP contribution in [0.1, 0.15) is 32.3 Å². The number of halogens is 3. The van der Waals surface area contributed by atoms with Crippen LogP contribution in [-0.4, -0.2) is 36.3 Å². The molecule has 7 heteroatoms. The smallest absolute Gasteiger partial charge is 0.370 e. The second kappa shape index (κ2) is 7.31. The lowest BCUT2D eigenvalue weighted by molar-refractivity contribution is -0.119. The van der Waals surface area contributed by atoms with E-state index >= 15 is 0 Å². The minimum atomic E-state index is -4.25. The molecule has 0 aliphatic carbocycles. The van der Waals surface area contributed by atoms with Crippen molar-refractivity contribution in [3.05, 3.63) is 11.9 Å². The van der Waals surface area contributed by atoms with Gasteiger partial charge < -0.3 is 10.2 Å². The Hall–Kier alpha value is -1.53. The van der Waals surface area contributed by atoms with E-state index in [2.05, 4.69) is 15.3 Å². The number of anilines is 2. The zero-order valence-electron chi connectivity index (χ0n) is 12.1. The summed E-state index contributed by atoms with van der Waals surface area (Å²) in [6, 6.07) is 0. The van der Waals surface area contributed by atoms with Gasteiger partial charge in [-0.1, -0.05) is 20.3 Å². The van der Waals surface area contributed by atoms with Gasteiger partial charge in [-0.2, -0.15) is 13.2 Å². The van der Waals surface area contributed by atoms with E-state index in [0.29, 0.717) is 18.1 Å². The molecule has 0 aliphatic rings. The molecule has 4 nitrogen and oxygen atoms in total. The molecule has 0 saturated heterocycles. The zero-order valence-corrected chi connectivity index (χ0v) is 12.1. The molecular weight excluding hydrogens is 269 g/mol. The molecule has 0 spiro atoms. The Balaban J connectivity index is 3.04. The molecule has 1 N–H and O–H groups in total. The van der Waals surface area contributed by atoms with Gasteiger partial charge >= 0.3 is 6.18 Å². The topological polar surface area (TPSA) is 41.1 Å². The Kier molecular flexibility index (Phi) is 6.04. The molecule has 0 aliphatic heterocycles. The Morgan fingerprint density at radius 1 is 1.20 bits per heavy atom. The molecule has 0 amide bonds. The maximum absolute atomic E-state index is 12.5. The minimum absolute atomic E-state index is 0.345. The predicted octanol–water partition coefficient (Wildman–Crippen LogP) is 3.25. The fourth-order valence-corrected chi connectivity index (χ4v) is 1.95. The van der Waals surface area contributed by atoms with E-state index in [0.717, 1.165) is 29.8 Å². The van der Waals surface area contributed by atoms with Crippen molar-refractivity contribution in [1.29, 1.82) is 0 Å². The van der Waals surface area contributed by atoms with Crippen LogP contribution in [0.4, 0.5) is 24.8 Å². The molecule has 0 unspecified atom stereocenters. The van der Waals surface area contributed by atoms with E-state index in [1.165, 1.54) is 13.4 Å². The van der Waals surface area contributed by atoms with Crippen molar-refractivity contribution < 1.29 is 13.2 Å². The monoisotopic (exact) mass is 290 g/mol. The highest BCUT2D eigenvalue weighted by molar-refractivity contribution is 5.58. The normalized spacial score (nSPS) is 11.5. The second-order valence-electron chi connectivity index (χ2n) is 4.67. The Morgan fingerprint density at radius 3 is 2.45 bits per heavy atom. The van der Waals surface area contributed by atoms with Gasteiger partial charge in [0.05, 0.1) is 0 Å². The highest BCUT2D eigenvalue weighted by atomic mass is 19.4. The van der Waals surface area contributed by atoms with Crippen LogP contribution in [0, 0.1) is 0 Å². The average Bonchev–Trinajstić information content (AvgIpc) is 2.35. The summed E-state index contributed by atoms with van der Waals surface area (Å²) in [5, 5.41) is 3.15. The molecule has 20 heavy (non-hydrogen) atoms. The largest absolute Gasteiger partial charge is 0.405 e. The first kappa shape index (κ1) is 16.5. The molecule has 0 bridgehead atoms. The van der Waals surface area contributed by atoms with Crippen LogP contribution in [0.2, 0.25) is 0 Å². The third-order valence-corrected chi connectivity index (χ3v) is 2.74. The van der Waals surface area contributed by atoms with Crippen molar-refractivity contribution >= 4 is 11.6 Å². The fraction of sp³-hybridized carbons (Fsp3) is 0.692. The van der Waals surface area contributed by atoms with E-state index < -0.39 is 12.7 Å². The number of nitrogens with zero attached hydrogens (tertiary/aromatic N) is 3. The van der Waals surface area contributed by atoms with Crippen LogP contribution in [0.3, 0.4) is 0 Å². The zero-order chi connectivity index (χ0) is 15.2. The van der Waals surface area contributed by atoms with E-state index in [1.807, 2.05) is 13.8 Å². The van der Waals surface area contributed by atoms with Crippen molar-refractivity contribution in [2.45, 2.75) is 39.3 Å². The number of aromatic nitrogens is 2. The SMILES string of the molecule is CCCNc1ncnc(N(C)CC(F)(F)F)c1CCC. The summed E-state index contributed by atoms with van der Waals surface area (Å²) in [7, 11) is 1.40. The first-order valence-corrected chi connectivity index (χ1v) is 6.74. The lowest BCUT2D eigenvalue weighted by Crippen LogP contribution is -2.32. The summed E-state index contributed by atoms with van der Waals surface area (Å²) in [4.78, 5) is 9.30. The lowest BCUT2D eigenvalue weighted by Gasteiger charge is -2.23. The summed E-state index contributed by atoms with van der Waals surface area (Å²) in [5.41, 5.74) is 0.746. The maximum Gasteiger partial charge on any atom is 0.405 e. The third kappa shape index (κ3) is 4.86. The van der Waals surface area contributed by atoms with Crippen molar-refractivity contribution in [3.63, 3.8) is 0 Å². The lowest BCUT2D eigenvalue weighted by atomic mass is 10.1. The molecule has 0 radical (unpaired) electrons. The Morgan fingerprint density at radius 2 is 1.90 bits per heavy atom. The molecule has 1 rings (SSSR count). The van der Waals surface area contributed by atoms with Crippen molar-refractivity contribution in [3.8, 4) is 0 Å². The van der Waals surface area contributed by atoms with Crippen LogP contribution in [0.25, 0.3) is 0 Å². The van der Waals surface area contributed by atoms with E-state index in [-0.39, 0.29) is 0 Å². The molecule has 114 valence electrons. The van der Waals surface area contributed by atoms with Gasteiger partial charge in [-0.25, -0.2) is 9.97 Å². The van der Waals surface area contributed by atoms with Gasteiger partial charge in [0.2, 0.25) is 0 Å². The second-order valence-corrected chi connectivity index (χ2v) is 4.67. The van der Waals surface area contributed by atoms with Gasteiger partial charge in [0.1, 0.15) is 24.5 Å². The quantitative estimate of drug-likeness (QED) is 0.837. The van der Waals surface area contributed by atoms with Crippen LogP contribution in [0.5, 0.6) is 0 Å². The Bertz CT molecular complexity index is 421. The molecule has 0 atom stereocenters. The van der Waals surface area contributed by atoms with Gasteiger partial charge in [-0.05, 0) is 12.8 Å². The van der Waals surface area contributed by atoms with E-state index in [4.69, 9.17) is 0 Å². The minimum Gasteiger partial charge on any atom is -0.370 e. The van der Waals surface area contributed by atoms with Gasteiger partial charge in [-0.3, -0.25) is 0 Å². The molecular formula is C13H21F3N4. The highest BCUT2D eigenvalue weighted by Gasteiger charge is 2.30. The standard InChI is InChI=1S/C13H21F3N4/c1-4-6-10-11(17-7-5-2)18-9-19-12(10)20(3)8-13(14,15)16/h9H,4-8H2,1-3H3,(H,17,18,19). The number of hydrogen-bond acceptors (Lipinski definition) is 4. The van der Waals surface area contributed by atoms with Gasteiger partial charge in [-0.15, -0.1) is 0 Å². The number of nitrogens with one attached hydrogen (secondary N) is 1. The van der Waals surface area contributed by atoms with Gasteiger partial charge in [0, 0.05) is 19.2 Å². The number of alkyl halides is 3. The summed E-state index contributed by atoms with van der Waals surface area (Å²) in [5.74, 6) is 0.977. The molecule has 0 fully saturated rings. The van der Waals surface area contributed by atoms with Crippen molar-refractivity contribution in [2.24, 2.45) is 0 Å². The third-order valence-electron chi connectivity index (χ3n) is 2.74. The predicted molar refractivity (Wildman–Crippen MR) is 74.1 cm³/mol. The van der Waals surface area contributed by atoms with Crippen LogP contribution < -0.4 is 10.2 Å². The molecule has 1 aromatic heterocycles. The molecule has 0 aromatic carbocycles. The first-order valence-electron chi connectivity index (χ1n) is 6.74. The Labute approximate surface area is 117 Å². The van der Waals surface area contributed by atoms with Crippen LogP contribution in [0.15, 0.2) is 6.33 Å². The fourth-order valence-electron chi connectivity index (χ4n) is 1.95. The summed E-state index contributed by atoms with van der Waals surface area (Å²) in [6.45, 7) is 3.71. The van der Waals surface area contributed by atoms with Crippen LogP contribution in [-0.2, 0) is 6.42 Å².